The lowest BCUT2D eigenvalue weighted by Gasteiger charge is -2.37. The normalized spacial score (nSPS) is 20.9. The van der Waals surface area contributed by atoms with Crippen molar-refractivity contribution in [3.8, 4) is 0 Å². The van der Waals surface area contributed by atoms with Gasteiger partial charge in [-0.25, -0.2) is 0 Å². The van der Waals surface area contributed by atoms with Gasteiger partial charge in [0.1, 0.15) is 0 Å². The topological polar surface area (TPSA) is 40.6 Å². The van der Waals surface area contributed by atoms with Crippen LogP contribution in [0.1, 0.15) is 59.8 Å². The maximum Gasteiger partial charge on any atom is 0.254 e. The molecular weight excluding hydrogens is 419 g/mol. The lowest BCUT2D eigenvalue weighted by Crippen LogP contribution is -2.41. The first kappa shape index (κ1) is 21.2. The predicted molar refractivity (Wildman–Crippen MR) is 120 cm³/mol. The summed E-state index contributed by atoms with van der Waals surface area (Å²) < 4.78 is 0. The molecule has 4 rings (SSSR count). The molecule has 1 saturated heterocycles. The van der Waals surface area contributed by atoms with Crippen LogP contribution in [0.25, 0.3) is 0 Å². The highest BCUT2D eigenvalue weighted by Crippen LogP contribution is 2.34. The minimum absolute atomic E-state index is 0.00644. The molecule has 2 atom stereocenters. The number of halogens is 2. The van der Waals surface area contributed by atoms with Crippen LogP contribution in [-0.4, -0.2) is 40.7 Å². The van der Waals surface area contributed by atoms with Gasteiger partial charge in [0.05, 0.1) is 12.5 Å². The van der Waals surface area contributed by atoms with Crippen molar-refractivity contribution in [2.45, 2.75) is 51.6 Å². The standard InChI is InChI=1S/C24H26Cl2N2O2/c1-15-6-5-12-27(15)24(30)19-8-3-7-17-16(2)28(13-11-18(17)19)23(29)14-20-21(25)9-4-10-22(20)26/h3-4,7-10,15-16H,5-6,11-14H2,1-2H3/t15?,16-/m0/s1. The van der Waals surface area contributed by atoms with Crippen LogP contribution in [0.3, 0.4) is 0 Å². The smallest absolute Gasteiger partial charge is 0.254 e. The Kier molecular flexibility index (Phi) is 6.08. The summed E-state index contributed by atoms with van der Waals surface area (Å²) in [5.74, 6) is 0.111. The number of benzene rings is 2. The fourth-order valence-corrected chi connectivity index (χ4v) is 5.28. The summed E-state index contributed by atoms with van der Waals surface area (Å²) in [6.45, 7) is 5.54. The number of hydrogen-bond acceptors (Lipinski definition) is 2. The molecule has 0 radical (unpaired) electrons. The number of hydrogen-bond donors (Lipinski definition) is 0. The second-order valence-corrected chi connectivity index (χ2v) is 9.07. The Bertz CT molecular complexity index is 971. The fourth-order valence-electron chi connectivity index (χ4n) is 4.75. The number of carbonyl (C=O) groups excluding carboxylic acids is 2. The van der Waals surface area contributed by atoms with E-state index in [9.17, 15) is 9.59 Å². The van der Waals surface area contributed by atoms with Gasteiger partial charge in [-0.3, -0.25) is 9.59 Å². The molecule has 0 aliphatic carbocycles. The van der Waals surface area contributed by atoms with Crippen molar-refractivity contribution >= 4 is 35.0 Å². The van der Waals surface area contributed by atoms with Crippen LogP contribution in [-0.2, 0) is 17.6 Å². The average Bonchev–Trinajstić information content (AvgIpc) is 3.16. The van der Waals surface area contributed by atoms with Gasteiger partial charge >= 0.3 is 0 Å². The molecule has 2 aliphatic heterocycles. The van der Waals surface area contributed by atoms with Gasteiger partial charge in [0.15, 0.2) is 0 Å². The second kappa shape index (κ2) is 8.60. The van der Waals surface area contributed by atoms with Crippen molar-refractivity contribution in [3.63, 3.8) is 0 Å². The number of rotatable bonds is 3. The van der Waals surface area contributed by atoms with Gasteiger partial charge < -0.3 is 9.80 Å². The molecule has 0 saturated carbocycles. The maximum atomic E-state index is 13.2. The zero-order valence-corrected chi connectivity index (χ0v) is 18.8. The van der Waals surface area contributed by atoms with Crippen LogP contribution >= 0.6 is 23.2 Å². The zero-order chi connectivity index (χ0) is 21.4. The molecule has 2 aliphatic rings. The third-order valence-corrected chi connectivity index (χ3v) is 7.20. The summed E-state index contributed by atoms with van der Waals surface area (Å²) >= 11 is 12.5. The van der Waals surface area contributed by atoms with Crippen molar-refractivity contribution in [1.82, 2.24) is 9.80 Å². The highest BCUT2D eigenvalue weighted by atomic mass is 35.5. The van der Waals surface area contributed by atoms with Gasteiger partial charge in [-0.05, 0) is 68.0 Å². The van der Waals surface area contributed by atoms with Gasteiger partial charge in [0.25, 0.3) is 5.91 Å². The van der Waals surface area contributed by atoms with E-state index in [0.717, 1.165) is 36.1 Å². The SMILES string of the molecule is CC1CCCN1C(=O)c1cccc2c1CCN(C(=O)Cc1c(Cl)cccc1Cl)[C@H]2C. The van der Waals surface area contributed by atoms with Gasteiger partial charge in [0, 0.05) is 34.7 Å². The lowest BCUT2D eigenvalue weighted by atomic mass is 9.88. The summed E-state index contributed by atoms with van der Waals surface area (Å²) in [6, 6.07) is 11.4. The molecule has 2 amide bonds. The predicted octanol–water partition coefficient (Wildman–Crippen LogP) is 5.31. The van der Waals surface area contributed by atoms with E-state index in [1.807, 2.05) is 34.9 Å². The third-order valence-electron chi connectivity index (χ3n) is 6.49. The van der Waals surface area contributed by atoms with E-state index in [1.165, 1.54) is 0 Å². The summed E-state index contributed by atoms with van der Waals surface area (Å²) in [5, 5.41) is 1.02. The van der Waals surface area contributed by atoms with Crippen molar-refractivity contribution in [3.05, 3.63) is 68.7 Å². The maximum absolute atomic E-state index is 13.2. The molecule has 6 heteroatoms. The summed E-state index contributed by atoms with van der Waals surface area (Å²) in [4.78, 5) is 30.1. The molecule has 0 spiro atoms. The number of nitrogens with zero attached hydrogens (tertiary/aromatic N) is 2. The molecule has 1 fully saturated rings. The average molecular weight is 445 g/mol. The van der Waals surface area contributed by atoms with E-state index in [-0.39, 0.29) is 30.3 Å². The Morgan fingerprint density at radius 2 is 1.70 bits per heavy atom. The van der Waals surface area contributed by atoms with Crippen molar-refractivity contribution < 1.29 is 9.59 Å². The Hall–Kier alpha value is -2.04. The van der Waals surface area contributed by atoms with Crippen molar-refractivity contribution in [2.24, 2.45) is 0 Å². The zero-order valence-electron chi connectivity index (χ0n) is 17.3. The van der Waals surface area contributed by atoms with Crippen LogP contribution in [0, 0.1) is 0 Å². The molecule has 30 heavy (non-hydrogen) atoms. The van der Waals surface area contributed by atoms with Crippen LogP contribution in [0.4, 0.5) is 0 Å². The quantitative estimate of drug-likeness (QED) is 0.643. The fraction of sp³-hybridized carbons (Fsp3) is 0.417. The molecular formula is C24H26Cl2N2O2. The van der Waals surface area contributed by atoms with Crippen LogP contribution in [0.5, 0.6) is 0 Å². The number of carbonyl (C=O) groups is 2. The van der Waals surface area contributed by atoms with Gasteiger partial charge in [-0.2, -0.15) is 0 Å². The summed E-state index contributed by atoms with van der Waals surface area (Å²) in [7, 11) is 0. The summed E-state index contributed by atoms with van der Waals surface area (Å²) in [5.41, 5.74) is 3.58. The Morgan fingerprint density at radius 1 is 1.00 bits per heavy atom. The van der Waals surface area contributed by atoms with Crippen LogP contribution < -0.4 is 0 Å². The molecule has 1 unspecified atom stereocenters. The first-order chi connectivity index (χ1) is 14.4. The van der Waals surface area contributed by atoms with Gasteiger partial charge in [-0.15, -0.1) is 0 Å². The Labute approximate surface area is 187 Å². The van der Waals surface area contributed by atoms with E-state index in [1.54, 1.807) is 18.2 Å². The first-order valence-corrected chi connectivity index (χ1v) is 11.3. The van der Waals surface area contributed by atoms with Crippen LogP contribution in [0.15, 0.2) is 36.4 Å². The van der Waals surface area contributed by atoms with E-state index in [2.05, 4.69) is 6.92 Å². The largest absolute Gasteiger partial charge is 0.336 e. The Balaban J connectivity index is 1.58. The highest BCUT2D eigenvalue weighted by Gasteiger charge is 2.33. The summed E-state index contributed by atoms with van der Waals surface area (Å²) in [6.07, 6.45) is 2.96. The third kappa shape index (κ3) is 3.83. The van der Waals surface area contributed by atoms with E-state index < -0.39 is 0 Å². The monoisotopic (exact) mass is 444 g/mol. The number of likely N-dealkylation sites (tertiary alicyclic amines) is 1. The molecule has 158 valence electrons. The van der Waals surface area contributed by atoms with E-state index >= 15 is 0 Å². The van der Waals surface area contributed by atoms with Gasteiger partial charge in [-0.1, -0.05) is 41.4 Å². The molecule has 0 aromatic heterocycles. The molecule has 2 heterocycles. The molecule has 0 bridgehead atoms. The molecule has 2 aromatic rings. The Morgan fingerprint density at radius 3 is 2.37 bits per heavy atom. The molecule has 4 nitrogen and oxygen atoms in total. The van der Waals surface area contributed by atoms with E-state index in [0.29, 0.717) is 28.6 Å². The molecule has 0 N–H and O–H groups in total. The second-order valence-electron chi connectivity index (χ2n) is 8.25. The van der Waals surface area contributed by atoms with Crippen molar-refractivity contribution in [1.29, 1.82) is 0 Å². The van der Waals surface area contributed by atoms with Crippen molar-refractivity contribution in [2.75, 3.05) is 13.1 Å². The minimum Gasteiger partial charge on any atom is -0.336 e. The van der Waals surface area contributed by atoms with Crippen LogP contribution in [0.2, 0.25) is 10.0 Å². The minimum atomic E-state index is -0.105. The highest BCUT2D eigenvalue weighted by molar-refractivity contribution is 6.36. The molecule has 2 aromatic carbocycles. The lowest BCUT2D eigenvalue weighted by molar-refractivity contribution is -0.133. The van der Waals surface area contributed by atoms with E-state index in [4.69, 9.17) is 23.2 Å². The van der Waals surface area contributed by atoms with Gasteiger partial charge in [0.2, 0.25) is 5.91 Å². The first-order valence-electron chi connectivity index (χ1n) is 10.5. The number of fused-ring (bicyclic) bond motifs is 1. The number of amides is 2.